The van der Waals surface area contributed by atoms with Crippen LogP contribution in [0, 0.1) is 6.92 Å². The van der Waals surface area contributed by atoms with Gasteiger partial charge in [0, 0.05) is 12.7 Å². The number of para-hydroxylation sites is 1. The van der Waals surface area contributed by atoms with Gasteiger partial charge in [-0.1, -0.05) is 24.3 Å². The molecule has 6 nitrogen and oxygen atoms in total. The normalized spacial score (nSPS) is 11.0. The van der Waals surface area contributed by atoms with E-state index in [0.717, 1.165) is 22.7 Å². The second-order valence-corrected chi connectivity index (χ2v) is 6.39. The van der Waals surface area contributed by atoms with E-state index in [1.165, 1.54) is 0 Å². The number of amides is 1. The largest absolute Gasteiger partial charge is 0.333 e. The quantitative estimate of drug-likeness (QED) is 0.548. The fraction of sp³-hybridized carbons (Fsp3) is 0.190. The maximum absolute atomic E-state index is 13.1. The van der Waals surface area contributed by atoms with Gasteiger partial charge in [0.25, 0.3) is 5.91 Å². The standard InChI is InChI=1S/C21H21N5O/c1-3-24(15-18-13-22-20-11-7-8-12-25(18)20)21(27)19-14-23-26(16(19)2)17-9-5-4-6-10-17/h4-14H,3,15H2,1-2H3. The zero-order valence-corrected chi connectivity index (χ0v) is 15.4. The summed E-state index contributed by atoms with van der Waals surface area (Å²) < 4.78 is 3.81. The molecule has 0 aliphatic rings. The summed E-state index contributed by atoms with van der Waals surface area (Å²) in [5, 5.41) is 4.42. The van der Waals surface area contributed by atoms with Crippen molar-refractivity contribution in [1.29, 1.82) is 0 Å². The van der Waals surface area contributed by atoms with E-state index in [1.54, 1.807) is 10.9 Å². The van der Waals surface area contributed by atoms with Crippen LogP contribution in [0.1, 0.15) is 28.7 Å². The van der Waals surface area contributed by atoms with E-state index in [-0.39, 0.29) is 5.91 Å². The average Bonchev–Trinajstić information content (AvgIpc) is 3.30. The Morgan fingerprint density at radius 3 is 2.63 bits per heavy atom. The SMILES string of the molecule is CCN(Cc1cnc2ccccn12)C(=O)c1cnn(-c2ccccc2)c1C. The molecular weight excluding hydrogens is 338 g/mol. The van der Waals surface area contributed by atoms with Crippen molar-refractivity contribution in [1.82, 2.24) is 24.1 Å². The summed E-state index contributed by atoms with van der Waals surface area (Å²) >= 11 is 0. The van der Waals surface area contributed by atoms with Crippen LogP contribution < -0.4 is 0 Å². The second-order valence-electron chi connectivity index (χ2n) is 6.39. The predicted octanol–water partition coefficient (Wildman–Crippen LogP) is 3.49. The van der Waals surface area contributed by atoms with Crippen molar-refractivity contribution < 1.29 is 4.79 Å². The van der Waals surface area contributed by atoms with E-state index in [1.807, 2.05) is 84.1 Å². The lowest BCUT2D eigenvalue weighted by atomic mass is 10.2. The molecule has 0 atom stereocenters. The third-order valence-corrected chi connectivity index (χ3v) is 4.76. The Labute approximate surface area is 157 Å². The van der Waals surface area contributed by atoms with E-state index < -0.39 is 0 Å². The van der Waals surface area contributed by atoms with Gasteiger partial charge in [-0.15, -0.1) is 0 Å². The molecule has 0 unspecified atom stereocenters. The maximum atomic E-state index is 13.1. The number of carbonyl (C=O) groups excluding carboxylic acids is 1. The number of nitrogens with zero attached hydrogens (tertiary/aromatic N) is 5. The molecule has 136 valence electrons. The molecular formula is C21H21N5O. The van der Waals surface area contributed by atoms with Gasteiger partial charge in [-0.2, -0.15) is 5.10 Å². The summed E-state index contributed by atoms with van der Waals surface area (Å²) in [5.74, 6) is -0.0249. The van der Waals surface area contributed by atoms with Crippen LogP contribution in [0.2, 0.25) is 0 Å². The average molecular weight is 359 g/mol. The van der Waals surface area contributed by atoms with Crippen molar-refractivity contribution in [2.45, 2.75) is 20.4 Å². The summed E-state index contributed by atoms with van der Waals surface area (Å²) in [4.78, 5) is 19.4. The zero-order valence-electron chi connectivity index (χ0n) is 15.4. The van der Waals surface area contributed by atoms with Gasteiger partial charge in [0.2, 0.25) is 0 Å². The highest BCUT2D eigenvalue weighted by atomic mass is 16.2. The van der Waals surface area contributed by atoms with Crippen LogP contribution in [0.3, 0.4) is 0 Å². The Bertz CT molecular complexity index is 1080. The van der Waals surface area contributed by atoms with Crippen molar-refractivity contribution in [3.63, 3.8) is 0 Å². The molecule has 0 saturated heterocycles. The van der Waals surface area contributed by atoms with Crippen LogP contribution in [-0.2, 0) is 6.54 Å². The number of hydrogen-bond acceptors (Lipinski definition) is 3. The van der Waals surface area contributed by atoms with Gasteiger partial charge in [0.05, 0.1) is 41.6 Å². The van der Waals surface area contributed by atoms with Gasteiger partial charge in [0.15, 0.2) is 0 Å². The van der Waals surface area contributed by atoms with Crippen LogP contribution in [0.4, 0.5) is 0 Å². The lowest BCUT2D eigenvalue weighted by molar-refractivity contribution is 0.0749. The van der Waals surface area contributed by atoms with E-state index in [2.05, 4.69) is 10.1 Å². The Morgan fingerprint density at radius 2 is 1.85 bits per heavy atom. The fourth-order valence-electron chi connectivity index (χ4n) is 3.24. The van der Waals surface area contributed by atoms with Crippen LogP contribution in [0.25, 0.3) is 11.3 Å². The second kappa shape index (κ2) is 7.07. The number of pyridine rings is 1. The first-order chi connectivity index (χ1) is 13.2. The maximum Gasteiger partial charge on any atom is 0.257 e. The fourth-order valence-corrected chi connectivity index (χ4v) is 3.24. The Morgan fingerprint density at radius 1 is 1.07 bits per heavy atom. The van der Waals surface area contributed by atoms with Gasteiger partial charge in [-0.25, -0.2) is 9.67 Å². The molecule has 1 amide bonds. The summed E-state index contributed by atoms with van der Waals surface area (Å²) in [5.41, 5.74) is 4.26. The number of benzene rings is 1. The van der Waals surface area contributed by atoms with Crippen molar-refractivity contribution in [2.24, 2.45) is 0 Å². The van der Waals surface area contributed by atoms with Crippen LogP contribution >= 0.6 is 0 Å². The van der Waals surface area contributed by atoms with E-state index in [0.29, 0.717) is 18.7 Å². The molecule has 0 bridgehead atoms. The molecule has 0 N–H and O–H groups in total. The molecule has 0 aliphatic carbocycles. The summed E-state index contributed by atoms with van der Waals surface area (Å²) in [6, 6.07) is 15.7. The predicted molar refractivity (Wildman–Crippen MR) is 104 cm³/mol. The Hall–Kier alpha value is -3.41. The number of aromatic nitrogens is 4. The molecule has 0 spiro atoms. The lowest BCUT2D eigenvalue weighted by Crippen LogP contribution is -2.31. The molecule has 0 radical (unpaired) electrons. The molecule has 0 saturated carbocycles. The van der Waals surface area contributed by atoms with Gasteiger partial charge in [-0.05, 0) is 38.1 Å². The van der Waals surface area contributed by atoms with Gasteiger partial charge in [0.1, 0.15) is 5.65 Å². The van der Waals surface area contributed by atoms with Crippen LogP contribution in [0.5, 0.6) is 0 Å². The van der Waals surface area contributed by atoms with Crippen molar-refractivity contribution >= 4 is 11.6 Å². The van der Waals surface area contributed by atoms with Gasteiger partial charge >= 0.3 is 0 Å². The van der Waals surface area contributed by atoms with Crippen molar-refractivity contribution in [3.05, 3.63) is 84.1 Å². The number of imidazole rings is 1. The summed E-state index contributed by atoms with van der Waals surface area (Å²) in [6.45, 7) is 5.01. The van der Waals surface area contributed by atoms with Crippen LogP contribution in [0.15, 0.2) is 67.1 Å². The number of hydrogen-bond donors (Lipinski definition) is 0. The van der Waals surface area contributed by atoms with Gasteiger partial charge in [-0.3, -0.25) is 4.79 Å². The van der Waals surface area contributed by atoms with E-state index >= 15 is 0 Å². The monoisotopic (exact) mass is 359 g/mol. The first-order valence-corrected chi connectivity index (χ1v) is 8.99. The molecule has 0 fully saturated rings. The summed E-state index contributed by atoms with van der Waals surface area (Å²) in [6.07, 6.45) is 5.45. The molecule has 4 rings (SSSR count). The van der Waals surface area contributed by atoms with E-state index in [9.17, 15) is 4.79 Å². The third-order valence-electron chi connectivity index (χ3n) is 4.76. The first-order valence-electron chi connectivity index (χ1n) is 8.99. The molecule has 1 aromatic carbocycles. The summed E-state index contributed by atoms with van der Waals surface area (Å²) in [7, 11) is 0. The minimum Gasteiger partial charge on any atom is -0.333 e. The molecule has 0 aliphatic heterocycles. The minimum atomic E-state index is -0.0249. The van der Waals surface area contributed by atoms with Crippen molar-refractivity contribution in [2.75, 3.05) is 6.54 Å². The highest BCUT2D eigenvalue weighted by Crippen LogP contribution is 2.17. The molecule has 3 aromatic heterocycles. The van der Waals surface area contributed by atoms with Crippen LogP contribution in [-0.4, -0.2) is 36.5 Å². The number of rotatable bonds is 5. The zero-order chi connectivity index (χ0) is 18.8. The Balaban J connectivity index is 1.62. The Kier molecular flexibility index (Phi) is 4.46. The third kappa shape index (κ3) is 3.10. The molecule has 6 heteroatoms. The lowest BCUT2D eigenvalue weighted by Gasteiger charge is -2.20. The molecule has 27 heavy (non-hydrogen) atoms. The highest BCUT2D eigenvalue weighted by Gasteiger charge is 2.21. The first kappa shape index (κ1) is 17.0. The number of fused-ring (bicyclic) bond motifs is 1. The molecule has 4 aromatic rings. The smallest absolute Gasteiger partial charge is 0.257 e. The van der Waals surface area contributed by atoms with Gasteiger partial charge < -0.3 is 9.30 Å². The number of carbonyl (C=O) groups is 1. The highest BCUT2D eigenvalue weighted by molar-refractivity contribution is 5.95. The molecule has 3 heterocycles. The topological polar surface area (TPSA) is 55.4 Å². The minimum absolute atomic E-state index is 0.0249. The van der Waals surface area contributed by atoms with E-state index in [4.69, 9.17) is 0 Å². The van der Waals surface area contributed by atoms with Crippen molar-refractivity contribution in [3.8, 4) is 5.69 Å².